The third kappa shape index (κ3) is 5.11. The van der Waals surface area contributed by atoms with Crippen molar-refractivity contribution >= 4 is 46.5 Å². The summed E-state index contributed by atoms with van der Waals surface area (Å²) in [6, 6.07) is 19.7. The number of aromatic nitrogens is 2. The van der Waals surface area contributed by atoms with Crippen LogP contribution < -0.4 is 14.2 Å². The highest BCUT2D eigenvalue weighted by atomic mass is 35.5. The lowest BCUT2D eigenvalue weighted by Gasteiger charge is -2.17. The van der Waals surface area contributed by atoms with Crippen LogP contribution in [0.15, 0.2) is 65.8 Å². The summed E-state index contributed by atoms with van der Waals surface area (Å²) in [6.07, 6.45) is 0. The van der Waals surface area contributed by atoms with Gasteiger partial charge in [0.05, 0.1) is 33.4 Å². The van der Waals surface area contributed by atoms with Crippen molar-refractivity contribution in [2.75, 3.05) is 21.3 Å². The second-order valence-corrected chi connectivity index (χ2v) is 9.02. The van der Waals surface area contributed by atoms with Gasteiger partial charge in [-0.05, 0) is 47.5 Å². The van der Waals surface area contributed by atoms with E-state index in [4.69, 9.17) is 43.0 Å². The van der Waals surface area contributed by atoms with Crippen molar-refractivity contribution in [3.05, 3.63) is 81.5 Å². The maximum Gasteiger partial charge on any atom is 0.203 e. The minimum atomic E-state index is 0.510. The van der Waals surface area contributed by atoms with Gasteiger partial charge < -0.3 is 18.8 Å². The molecule has 5 nitrogen and oxygen atoms in total. The molecule has 8 heteroatoms. The third-order valence-corrected chi connectivity index (χ3v) is 6.91. The molecule has 0 radical (unpaired) electrons. The molecule has 0 unspecified atom stereocenters. The monoisotopic (exact) mass is 498 g/mol. The first-order chi connectivity index (χ1) is 16.0. The molecule has 0 amide bonds. The van der Waals surface area contributed by atoms with E-state index >= 15 is 0 Å². The average Bonchev–Trinajstić information content (AvgIpc) is 2.85. The zero-order chi connectivity index (χ0) is 23.4. The van der Waals surface area contributed by atoms with Crippen molar-refractivity contribution in [1.29, 1.82) is 0 Å². The molecular formula is C25H23ClN2O3S2. The Morgan fingerprint density at radius 1 is 0.909 bits per heavy atom. The highest BCUT2D eigenvalue weighted by Crippen LogP contribution is 2.39. The van der Waals surface area contributed by atoms with Crippen molar-refractivity contribution in [2.24, 2.45) is 0 Å². The molecule has 4 aromatic rings. The van der Waals surface area contributed by atoms with E-state index in [1.54, 1.807) is 33.1 Å². The number of nitrogens with zero attached hydrogens (tertiary/aromatic N) is 2. The summed E-state index contributed by atoms with van der Waals surface area (Å²) in [5.41, 5.74) is 3.00. The first-order valence-electron chi connectivity index (χ1n) is 10.2. The number of halogens is 1. The number of hydrogen-bond donors (Lipinski definition) is 0. The molecule has 0 saturated carbocycles. The van der Waals surface area contributed by atoms with E-state index in [0.29, 0.717) is 23.8 Å². The van der Waals surface area contributed by atoms with Gasteiger partial charge in [-0.25, -0.2) is 4.98 Å². The lowest BCUT2D eigenvalue weighted by molar-refractivity contribution is 0.323. The van der Waals surface area contributed by atoms with Crippen molar-refractivity contribution in [3.63, 3.8) is 0 Å². The summed E-state index contributed by atoms with van der Waals surface area (Å²) < 4.78 is 19.3. The maximum absolute atomic E-state index is 6.04. The fraction of sp³-hybridized carbons (Fsp3) is 0.200. The first kappa shape index (κ1) is 23.4. The Hall–Kier alpha value is -2.74. The molecule has 0 N–H and O–H groups in total. The molecule has 33 heavy (non-hydrogen) atoms. The highest BCUT2D eigenvalue weighted by Gasteiger charge is 2.16. The SMILES string of the molecule is COc1cc(Cn2c(SCc3ccc(Cl)cc3)nc3ccccc3c2=S)cc(OC)c1OC. The van der Waals surface area contributed by atoms with Crippen LogP contribution in [0, 0.1) is 4.64 Å². The Morgan fingerprint density at radius 3 is 2.21 bits per heavy atom. The van der Waals surface area contributed by atoms with Crippen LogP contribution in [0.5, 0.6) is 17.2 Å². The number of thioether (sulfide) groups is 1. The normalized spacial score (nSPS) is 10.9. The van der Waals surface area contributed by atoms with Crippen LogP contribution in [0.2, 0.25) is 5.02 Å². The van der Waals surface area contributed by atoms with E-state index < -0.39 is 0 Å². The first-order valence-corrected chi connectivity index (χ1v) is 12.0. The fourth-order valence-corrected chi connectivity index (χ4v) is 5.01. The van der Waals surface area contributed by atoms with Gasteiger partial charge in [-0.1, -0.05) is 59.8 Å². The second-order valence-electron chi connectivity index (χ2n) is 7.25. The van der Waals surface area contributed by atoms with Gasteiger partial charge in [-0.15, -0.1) is 0 Å². The van der Waals surface area contributed by atoms with Gasteiger partial charge >= 0.3 is 0 Å². The van der Waals surface area contributed by atoms with Gasteiger partial charge in [0, 0.05) is 16.2 Å². The summed E-state index contributed by atoms with van der Waals surface area (Å²) in [6.45, 7) is 0.510. The lowest BCUT2D eigenvalue weighted by Crippen LogP contribution is -2.09. The van der Waals surface area contributed by atoms with Gasteiger partial charge in [0.1, 0.15) is 4.64 Å². The molecule has 0 aliphatic carbocycles. The molecule has 3 aromatic carbocycles. The Morgan fingerprint density at radius 2 is 1.58 bits per heavy atom. The van der Waals surface area contributed by atoms with E-state index in [1.165, 1.54) is 0 Å². The van der Waals surface area contributed by atoms with Gasteiger partial charge in [0.15, 0.2) is 16.7 Å². The Bertz CT molecular complexity index is 1320. The smallest absolute Gasteiger partial charge is 0.203 e. The molecule has 4 rings (SSSR count). The van der Waals surface area contributed by atoms with E-state index in [2.05, 4.69) is 4.57 Å². The lowest BCUT2D eigenvalue weighted by atomic mass is 10.1. The molecule has 170 valence electrons. The molecule has 0 saturated heterocycles. The summed E-state index contributed by atoms with van der Waals surface area (Å²) in [4.78, 5) is 4.93. The third-order valence-electron chi connectivity index (χ3n) is 5.17. The summed E-state index contributed by atoms with van der Waals surface area (Å²) in [5.74, 6) is 2.50. The minimum absolute atomic E-state index is 0.510. The van der Waals surface area contributed by atoms with Crippen LogP contribution in [-0.4, -0.2) is 30.9 Å². The van der Waals surface area contributed by atoms with Crippen LogP contribution in [0.4, 0.5) is 0 Å². The van der Waals surface area contributed by atoms with Crippen LogP contribution in [0.1, 0.15) is 11.1 Å². The van der Waals surface area contributed by atoms with E-state index in [0.717, 1.165) is 42.6 Å². The second kappa shape index (κ2) is 10.5. The topological polar surface area (TPSA) is 45.5 Å². The Balaban J connectivity index is 1.77. The average molecular weight is 499 g/mol. The Kier molecular flexibility index (Phi) is 7.42. The molecule has 1 heterocycles. The van der Waals surface area contributed by atoms with Gasteiger partial charge in [0.2, 0.25) is 5.75 Å². The molecule has 0 spiro atoms. The number of benzene rings is 3. The molecule has 0 bridgehead atoms. The number of rotatable bonds is 8. The van der Waals surface area contributed by atoms with Gasteiger partial charge in [-0.3, -0.25) is 0 Å². The van der Waals surface area contributed by atoms with E-state index in [-0.39, 0.29) is 0 Å². The number of para-hydroxylation sites is 1. The quantitative estimate of drug-likeness (QED) is 0.151. The number of ether oxygens (including phenoxy) is 3. The molecular weight excluding hydrogens is 476 g/mol. The number of hydrogen-bond acceptors (Lipinski definition) is 6. The summed E-state index contributed by atoms with van der Waals surface area (Å²) >= 11 is 13.6. The standard InChI is InChI=1S/C25H23ClN2O3S2/c1-29-21-12-17(13-22(30-2)23(21)31-3)14-28-24(32)19-6-4-5-7-20(19)27-25(28)33-15-16-8-10-18(26)11-9-16/h4-13H,14-15H2,1-3H3. The fourth-order valence-electron chi connectivity index (χ4n) is 3.54. The van der Waals surface area contributed by atoms with Crippen LogP contribution in [0.3, 0.4) is 0 Å². The van der Waals surface area contributed by atoms with Crippen LogP contribution >= 0.6 is 35.6 Å². The minimum Gasteiger partial charge on any atom is -0.493 e. The largest absolute Gasteiger partial charge is 0.493 e. The zero-order valence-electron chi connectivity index (χ0n) is 18.5. The summed E-state index contributed by atoms with van der Waals surface area (Å²) in [7, 11) is 4.81. The predicted octanol–water partition coefficient (Wildman–Crippen LogP) is 6.79. The predicted molar refractivity (Wildman–Crippen MR) is 137 cm³/mol. The highest BCUT2D eigenvalue weighted by molar-refractivity contribution is 7.98. The van der Waals surface area contributed by atoms with E-state index in [1.807, 2.05) is 60.7 Å². The van der Waals surface area contributed by atoms with Crippen molar-refractivity contribution in [2.45, 2.75) is 17.5 Å². The molecule has 1 aromatic heterocycles. The zero-order valence-corrected chi connectivity index (χ0v) is 20.9. The van der Waals surface area contributed by atoms with Crippen molar-refractivity contribution in [1.82, 2.24) is 9.55 Å². The van der Waals surface area contributed by atoms with Crippen molar-refractivity contribution < 1.29 is 14.2 Å². The van der Waals surface area contributed by atoms with Crippen LogP contribution in [-0.2, 0) is 12.3 Å². The summed E-state index contributed by atoms with van der Waals surface area (Å²) in [5, 5.41) is 2.50. The van der Waals surface area contributed by atoms with Crippen molar-refractivity contribution in [3.8, 4) is 17.2 Å². The molecule has 0 aliphatic rings. The molecule has 0 atom stereocenters. The maximum atomic E-state index is 6.04. The Labute approximate surface area is 207 Å². The molecule has 0 fully saturated rings. The molecule has 0 aliphatic heterocycles. The number of fused-ring (bicyclic) bond motifs is 1. The van der Waals surface area contributed by atoms with Gasteiger partial charge in [0.25, 0.3) is 0 Å². The van der Waals surface area contributed by atoms with Crippen LogP contribution in [0.25, 0.3) is 10.9 Å². The van der Waals surface area contributed by atoms with Gasteiger partial charge in [-0.2, -0.15) is 0 Å². The van der Waals surface area contributed by atoms with E-state index in [9.17, 15) is 0 Å². The number of methoxy groups -OCH3 is 3.